The molecule has 0 aliphatic carbocycles. The van der Waals surface area contributed by atoms with Gasteiger partial charge in [0.05, 0.1) is 5.41 Å². The maximum absolute atomic E-state index is 12.4. The molecule has 0 aromatic heterocycles. The van der Waals surface area contributed by atoms with Crippen molar-refractivity contribution in [3.05, 3.63) is 46.5 Å². The molecule has 1 aromatic carbocycles. The highest BCUT2D eigenvalue weighted by Gasteiger charge is 2.29. The van der Waals surface area contributed by atoms with Crippen molar-refractivity contribution in [1.82, 2.24) is 10.6 Å². The van der Waals surface area contributed by atoms with Crippen LogP contribution in [0.4, 0.5) is 0 Å². The molecule has 0 bridgehead atoms. The maximum atomic E-state index is 12.4. The highest BCUT2D eigenvalue weighted by Crippen LogP contribution is 2.25. The van der Waals surface area contributed by atoms with E-state index in [1.54, 1.807) is 0 Å². The Hall–Kier alpha value is -1.32. The summed E-state index contributed by atoms with van der Waals surface area (Å²) in [4.78, 5) is 12.4. The second-order valence-corrected chi connectivity index (χ2v) is 6.07. The van der Waals surface area contributed by atoms with Crippen LogP contribution >= 0.6 is 11.6 Å². The third-order valence-electron chi connectivity index (χ3n) is 3.75. The van der Waals surface area contributed by atoms with Crippen LogP contribution in [0.25, 0.3) is 0 Å². The minimum absolute atomic E-state index is 0.0270. The monoisotopic (exact) mass is 292 g/mol. The Bertz CT molecular complexity index is 523. The van der Waals surface area contributed by atoms with Gasteiger partial charge in [0.1, 0.15) is 0 Å². The summed E-state index contributed by atoms with van der Waals surface area (Å²) in [5.41, 5.74) is 1.64. The molecule has 2 rings (SSSR count). The van der Waals surface area contributed by atoms with Crippen molar-refractivity contribution in [1.29, 1.82) is 0 Å². The van der Waals surface area contributed by atoms with Gasteiger partial charge in [0, 0.05) is 18.1 Å². The zero-order valence-electron chi connectivity index (χ0n) is 12.0. The first-order valence-electron chi connectivity index (χ1n) is 6.93. The van der Waals surface area contributed by atoms with Crippen LogP contribution in [0.5, 0.6) is 0 Å². The molecule has 3 nitrogen and oxygen atoms in total. The molecule has 20 heavy (non-hydrogen) atoms. The Morgan fingerprint density at radius 1 is 1.45 bits per heavy atom. The first kappa shape index (κ1) is 15.1. The van der Waals surface area contributed by atoms with E-state index >= 15 is 0 Å². The molecule has 1 aromatic rings. The average molecular weight is 293 g/mol. The fraction of sp³-hybridized carbons (Fsp3) is 0.438. The van der Waals surface area contributed by atoms with Gasteiger partial charge in [-0.2, -0.15) is 0 Å². The van der Waals surface area contributed by atoms with E-state index in [0.29, 0.717) is 11.6 Å². The van der Waals surface area contributed by atoms with Crippen LogP contribution in [0.2, 0.25) is 5.02 Å². The average Bonchev–Trinajstić information content (AvgIpc) is 2.45. The standard InChI is InChI=1S/C16H21ClN2O/c1-16(2,13-4-3-5-14(17)10-13)15(20)19-11-12-6-8-18-9-7-12/h3-6,10,18H,7-9,11H2,1-2H3,(H,19,20). The Morgan fingerprint density at radius 2 is 2.25 bits per heavy atom. The van der Waals surface area contributed by atoms with Crippen LogP contribution in [0.3, 0.4) is 0 Å². The predicted octanol–water partition coefficient (Wildman–Crippen LogP) is 2.65. The van der Waals surface area contributed by atoms with Crippen molar-refractivity contribution in [2.24, 2.45) is 0 Å². The van der Waals surface area contributed by atoms with Gasteiger partial charge < -0.3 is 10.6 Å². The highest BCUT2D eigenvalue weighted by atomic mass is 35.5. The van der Waals surface area contributed by atoms with Crippen molar-refractivity contribution in [2.45, 2.75) is 25.7 Å². The predicted molar refractivity (Wildman–Crippen MR) is 83.1 cm³/mol. The smallest absolute Gasteiger partial charge is 0.230 e. The fourth-order valence-corrected chi connectivity index (χ4v) is 2.44. The second-order valence-electron chi connectivity index (χ2n) is 5.63. The molecule has 108 valence electrons. The number of halogens is 1. The molecule has 0 fully saturated rings. The fourth-order valence-electron chi connectivity index (χ4n) is 2.25. The van der Waals surface area contributed by atoms with Gasteiger partial charge in [-0.3, -0.25) is 4.79 Å². The Balaban J connectivity index is 2.01. The molecule has 0 atom stereocenters. The molecule has 0 radical (unpaired) electrons. The maximum Gasteiger partial charge on any atom is 0.230 e. The number of nitrogens with one attached hydrogen (secondary N) is 2. The molecule has 0 unspecified atom stereocenters. The summed E-state index contributed by atoms with van der Waals surface area (Å²) in [7, 11) is 0. The number of carbonyl (C=O) groups excluding carboxylic acids is 1. The van der Waals surface area contributed by atoms with Gasteiger partial charge in [0.25, 0.3) is 0 Å². The van der Waals surface area contributed by atoms with Crippen molar-refractivity contribution < 1.29 is 4.79 Å². The minimum atomic E-state index is -0.585. The lowest BCUT2D eigenvalue weighted by Crippen LogP contribution is -2.41. The van der Waals surface area contributed by atoms with E-state index in [1.807, 2.05) is 38.1 Å². The van der Waals surface area contributed by atoms with Crippen molar-refractivity contribution in [3.8, 4) is 0 Å². The van der Waals surface area contributed by atoms with Gasteiger partial charge in [-0.1, -0.05) is 35.4 Å². The lowest BCUT2D eigenvalue weighted by Gasteiger charge is -2.25. The summed E-state index contributed by atoms with van der Waals surface area (Å²) >= 11 is 6.01. The van der Waals surface area contributed by atoms with Gasteiger partial charge in [-0.15, -0.1) is 0 Å². The van der Waals surface area contributed by atoms with Crippen LogP contribution in [0.1, 0.15) is 25.8 Å². The summed E-state index contributed by atoms with van der Waals surface area (Å²) in [6, 6.07) is 7.49. The zero-order valence-corrected chi connectivity index (χ0v) is 12.8. The number of hydrogen-bond donors (Lipinski definition) is 2. The van der Waals surface area contributed by atoms with Gasteiger partial charge >= 0.3 is 0 Å². The number of rotatable bonds is 4. The second kappa shape index (κ2) is 6.42. The van der Waals surface area contributed by atoms with Gasteiger partial charge in [0.2, 0.25) is 5.91 Å². The normalized spacial score (nSPS) is 15.7. The number of hydrogen-bond acceptors (Lipinski definition) is 2. The molecule has 1 amide bonds. The van der Waals surface area contributed by atoms with Gasteiger partial charge in [-0.05, 0) is 44.5 Å². The lowest BCUT2D eigenvalue weighted by atomic mass is 9.83. The summed E-state index contributed by atoms with van der Waals surface area (Å²) in [6.07, 6.45) is 3.15. The van der Waals surface area contributed by atoms with E-state index in [-0.39, 0.29) is 5.91 Å². The third-order valence-corrected chi connectivity index (χ3v) is 3.98. The van der Waals surface area contributed by atoms with E-state index in [1.165, 1.54) is 5.57 Å². The van der Waals surface area contributed by atoms with Crippen LogP contribution < -0.4 is 10.6 Å². The molecule has 4 heteroatoms. The van der Waals surface area contributed by atoms with E-state index in [9.17, 15) is 4.79 Å². The molecule has 2 N–H and O–H groups in total. The molecule has 0 spiro atoms. The topological polar surface area (TPSA) is 41.1 Å². The molecule has 1 heterocycles. The summed E-state index contributed by atoms with van der Waals surface area (Å²) in [6.45, 7) is 6.35. The number of amides is 1. The van der Waals surface area contributed by atoms with Crippen LogP contribution in [-0.4, -0.2) is 25.5 Å². The molecule has 1 aliphatic rings. The van der Waals surface area contributed by atoms with E-state index < -0.39 is 5.41 Å². The Labute approximate surface area is 125 Å². The lowest BCUT2D eigenvalue weighted by molar-refractivity contribution is -0.125. The van der Waals surface area contributed by atoms with Crippen molar-refractivity contribution >= 4 is 17.5 Å². The molecular weight excluding hydrogens is 272 g/mol. The summed E-state index contributed by atoms with van der Waals surface area (Å²) in [5, 5.41) is 6.95. The Morgan fingerprint density at radius 3 is 2.90 bits per heavy atom. The summed E-state index contributed by atoms with van der Waals surface area (Å²) < 4.78 is 0. The summed E-state index contributed by atoms with van der Waals surface area (Å²) in [5.74, 6) is 0.0270. The van der Waals surface area contributed by atoms with E-state index in [2.05, 4.69) is 16.7 Å². The SMILES string of the molecule is CC(C)(C(=O)NCC1=CCNCC1)c1cccc(Cl)c1. The largest absolute Gasteiger partial charge is 0.352 e. The number of carbonyl (C=O) groups is 1. The van der Waals surface area contributed by atoms with E-state index in [0.717, 1.165) is 25.1 Å². The van der Waals surface area contributed by atoms with Crippen molar-refractivity contribution in [3.63, 3.8) is 0 Å². The Kier molecular flexibility index (Phi) is 4.84. The highest BCUT2D eigenvalue weighted by molar-refractivity contribution is 6.30. The zero-order chi connectivity index (χ0) is 14.6. The molecular formula is C16H21ClN2O. The van der Waals surface area contributed by atoms with Crippen LogP contribution in [0, 0.1) is 0 Å². The van der Waals surface area contributed by atoms with Crippen LogP contribution in [0.15, 0.2) is 35.9 Å². The first-order valence-corrected chi connectivity index (χ1v) is 7.31. The van der Waals surface area contributed by atoms with Gasteiger partial charge in [0.15, 0.2) is 0 Å². The molecule has 1 aliphatic heterocycles. The molecule has 0 saturated heterocycles. The number of benzene rings is 1. The minimum Gasteiger partial charge on any atom is -0.352 e. The first-order chi connectivity index (χ1) is 9.50. The van der Waals surface area contributed by atoms with Crippen LogP contribution in [-0.2, 0) is 10.2 Å². The van der Waals surface area contributed by atoms with Gasteiger partial charge in [-0.25, -0.2) is 0 Å². The van der Waals surface area contributed by atoms with E-state index in [4.69, 9.17) is 11.6 Å². The van der Waals surface area contributed by atoms with Crippen molar-refractivity contribution in [2.75, 3.05) is 19.6 Å². The molecule has 0 saturated carbocycles. The quantitative estimate of drug-likeness (QED) is 0.838. The third kappa shape index (κ3) is 3.62.